The predicted octanol–water partition coefficient (Wildman–Crippen LogP) is -0.431. The number of fused-ring (bicyclic) bond motifs is 1. The van der Waals surface area contributed by atoms with Gasteiger partial charge in [0, 0.05) is 19.1 Å². The summed E-state index contributed by atoms with van der Waals surface area (Å²) in [6.45, 7) is 2.29. The highest BCUT2D eigenvalue weighted by molar-refractivity contribution is 6.35. The second kappa shape index (κ2) is 6.02. The third kappa shape index (κ3) is 3.04. The fraction of sp³-hybridized carbons (Fsp3) is 0.769. The Bertz CT molecular complexity index is 404. The van der Waals surface area contributed by atoms with Gasteiger partial charge in [-0.05, 0) is 38.8 Å². The van der Waals surface area contributed by atoms with Crippen molar-refractivity contribution in [1.82, 2.24) is 15.1 Å². The second-order valence-electron chi connectivity index (χ2n) is 5.33. The number of nitrogens with zero attached hydrogens (tertiary/aromatic N) is 3. The van der Waals surface area contributed by atoms with Crippen molar-refractivity contribution in [2.75, 3.05) is 33.2 Å². The average molecular weight is 264 g/mol. The van der Waals surface area contributed by atoms with E-state index in [1.807, 2.05) is 0 Å². The van der Waals surface area contributed by atoms with Crippen LogP contribution in [0, 0.1) is 17.2 Å². The predicted molar refractivity (Wildman–Crippen MR) is 69.0 cm³/mol. The Morgan fingerprint density at radius 1 is 1.37 bits per heavy atom. The minimum absolute atomic E-state index is 0.118. The van der Waals surface area contributed by atoms with Gasteiger partial charge in [-0.15, -0.1) is 0 Å². The summed E-state index contributed by atoms with van der Waals surface area (Å²) in [4.78, 5) is 27.5. The van der Waals surface area contributed by atoms with E-state index in [9.17, 15) is 9.59 Å². The topological polar surface area (TPSA) is 76.4 Å². The molecule has 0 radical (unpaired) electrons. The van der Waals surface area contributed by atoms with Crippen LogP contribution in [-0.4, -0.2) is 60.9 Å². The molecule has 2 heterocycles. The van der Waals surface area contributed by atoms with Crippen LogP contribution in [-0.2, 0) is 9.59 Å². The molecule has 2 amide bonds. The Morgan fingerprint density at radius 3 is 2.89 bits per heavy atom. The number of hydrogen-bond acceptors (Lipinski definition) is 4. The highest BCUT2D eigenvalue weighted by Crippen LogP contribution is 2.29. The minimum Gasteiger partial charge on any atom is -0.335 e. The summed E-state index contributed by atoms with van der Waals surface area (Å²) in [6, 6.07) is 2.34. The van der Waals surface area contributed by atoms with E-state index in [2.05, 4.69) is 17.3 Å². The molecule has 0 saturated carbocycles. The van der Waals surface area contributed by atoms with Gasteiger partial charge in [0.2, 0.25) is 0 Å². The van der Waals surface area contributed by atoms with Crippen LogP contribution >= 0.6 is 0 Å². The summed E-state index contributed by atoms with van der Waals surface area (Å²) >= 11 is 0. The molecule has 1 N–H and O–H groups in total. The SMILES string of the molecule is CN1CCCC2CN(C(=O)C(=O)NCC#N)CCC21. The lowest BCUT2D eigenvalue weighted by atomic mass is 9.84. The van der Waals surface area contributed by atoms with Crippen LogP contribution in [0.15, 0.2) is 0 Å². The highest BCUT2D eigenvalue weighted by Gasteiger charge is 2.36. The number of piperidine rings is 2. The van der Waals surface area contributed by atoms with Crippen molar-refractivity contribution in [2.45, 2.75) is 25.3 Å². The van der Waals surface area contributed by atoms with Crippen molar-refractivity contribution in [3.8, 4) is 6.07 Å². The normalized spacial score (nSPS) is 27.3. The fourth-order valence-electron chi connectivity index (χ4n) is 3.18. The molecular formula is C13H20N4O2. The number of carbonyl (C=O) groups is 2. The molecule has 2 aliphatic rings. The van der Waals surface area contributed by atoms with E-state index in [0.717, 1.165) is 25.8 Å². The molecule has 0 aliphatic carbocycles. The molecule has 6 nitrogen and oxygen atoms in total. The Labute approximate surface area is 113 Å². The van der Waals surface area contributed by atoms with Gasteiger partial charge in [0.1, 0.15) is 6.54 Å². The first-order valence-corrected chi connectivity index (χ1v) is 6.77. The van der Waals surface area contributed by atoms with Crippen LogP contribution < -0.4 is 5.32 Å². The Balaban J connectivity index is 1.91. The van der Waals surface area contributed by atoms with Gasteiger partial charge < -0.3 is 15.1 Å². The summed E-state index contributed by atoms with van der Waals surface area (Å²) < 4.78 is 0. The van der Waals surface area contributed by atoms with Gasteiger partial charge >= 0.3 is 11.8 Å². The number of hydrogen-bond donors (Lipinski definition) is 1. The van der Waals surface area contributed by atoms with E-state index < -0.39 is 11.8 Å². The largest absolute Gasteiger partial charge is 0.335 e. The van der Waals surface area contributed by atoms with E-state index in [-0.39, 0.29) is 6.54 Å². The van der Waals surface area contributed by atoms with E-state index in [1.165, 1.54) is 0 Å². The van der Waals surface area contributed by atoms with Crippen molar-refractivity contribution in [3.63, 3.8) is 0 Å². The van der Waals surface area contributed by atoms with Crippen LogP contribution in [0.1, 0.15) is 19.3 Å². The lowest BCUT2D eigenvalue weighted by Crippen LogP contribution is -2.56. The number of rotatable bonds is 1. The van der Waals surface area contributed by atoms with Gasteiger partial charge in [-0.2, -0.15) is 5.26 Å². The number of nitrogens with one attached hydrogen (secondary N) is 1. The van der Waals surface area contributed by atoms with E-state index in [1.54, 1.807) is 11.0 Å². The van der Waals surface area contributed by atoms with Crippen LogP contribution in [0.2, 0.25) is 0 Å². The lowest BCUT2D eigenvalue weighted by Gasteiger charge is -2.45. The molecule has 104 valence electrons. The Morgan fingerprint density at radius 2 is 2.16 bits per heavy atom. The first-order chi connectivity index (χ1) is 9.13. The van der Waals surface area contributed by atoms with Gasteiger partial charge in [-0.25, -0.2) is 0 Å². The molecule has 19 heavy (non-hydrogen) atoms. The molecular weight excluding hydrogens is 244 g/mol. The molecule has 2 unspecified atom stereocenters. The number of carbonyl (C=O) groups excluding carboxylic acids is 2. The quantitative estimate of drug-likeness (QED) is 0.515. The molecule has 6 heteroatoms. The van der Waals surface area contributed by atoms with Crippen molar-refractivity contribution < 1.29 is 9.59 Å². The van der Waals surface area contributed by atoms with Gasteiger partial charge in [-0.1, -0.05) is 0 Å². The molecule has 0 spiro atoms. The van der Waals surface area contributed by atoms with Gasteiger partial charge in [0.25, 0.3) is 0 Å². The van der Waals surface area contributed by atoms with Crippen molar-refractivity contribution in [1.29, 1.82) is 5.26 Å². The van der Waals surface area contributed by atoms with Crippen molar-refractivity contribution in [2.24, 2.45) is 5.92 Å². The van der Waals surface area contributed by atoms with Gasteiger partial charge in [0.15, 0.2) is 0 Å². The minimum atomic E-state index is -0.663. The summed E-state index contributed by atoms with van der Waals surface area (Å²) in [5, 5.41) is 10.7. The zero-order valence-electron chi connectivity index (χ0n) is 11.3. The monoisotopic (exact) mass is 264 g/mol. The summed E-state index contributed by atoms with van der Waals surface area (Å²) in [5.74, 6) is -0.689. The van der Waals surface area contributed by atoms with Gasteiger partial charge in [-0.3, -0.25) is 9.59 Å². The molecule has 0 bridgehead atoms. The number of likely N-dealkylation sites (tertiary alicyclic amines) is 2. The smallest absolute Gasteiger partial charge is 0.311 e. The van der Waals surface area contributed by atoms with Crippen LogP contribution in [0.4, 0.5) is 0 Å². The summed E-state index contributed by atoms with van der Waals surface area (Å²) in [5.41, 5.74) is 0. The van der Waals surface area contributed by atoms with E-state index in [4.69, 9.17) is 5.26 Å². The zero-order valence-corrected chi connectivity index (χ0v) is 11.3. The third-order valence-electron chi connectivity index (χ3n) is 4.16. The summed E-state index contributed by atoms with van der Waals surface area (Å²) in [6.07, 6.45) is 3.21. The zero-order chi connectivity index (χ0) is 13.8. The Hall–Kier alpha value is -1.61. The highest BCUT2D eigenvalue weighted by atomic mass is 16.2. The molecule has 2 atom stereocenters. The summed E-state index contributed by atoms with van der Waals surface area (Å²) in [7, 11) is 2.13. The molecule has 0 aromatic rings. The van der Waals surface area contributed by atoms with E-state index in [0.29, 0.717) is 25.0 Å². The fourth-order valence-corrected chi connectivity index (χ4v) is 3.18. The maximum absolute atomic E-state index is 12.0. The van der Waals surface area contributed by atoms with Crippen LogP contribution in [0.25, 0.3) is 0 Å². The molecule has 2 saturated heterocycles. The number of amides is 2. The third-order valence-corrected chi connectivity index (χ3v) is 4.16. The van der Waals surface area contributed by atoms with Crippen LogP contribution in [0.3, 0.4) is 0 Å². The molecule has 0 aromatic carbocycles. The van der Waals surface area contributed by atoms with Crippen molar-refractivity contribution >= 4 is 11.8 Å². The average Bonchev–Trinajstić information content (AvgIpc) is 2.43. The maximum atomic E-state index is 12.0. The van der Waals surface area contributed by atoms with Crippen molar-refractivity contribution in [3.05, 3.63) is 0 Å². The molecule has 2 aliphatic heterocycles. The van der Waals surface area contributed by atoms with Gasteiger partial charge in [0.05, 0.1) is 6.07 Å². The standard InChI is InChI=1S/C13H20N4O2/c1-16-7-2-3-10-9-17(8-4-11(10)16)13(19)12(18)15-6-5-14/h10-11H,2-4,6-9H2,1H3,(H,15,18). The van der Waals surface area contributed by atoms with Crippen LogP contribution in [0.5, 0.6) is 0 Å². The molecule has 0 aromatic heterocycles. The first-order valence-electron chi connectivity index (χ1n) is 6.77. The molecule has 2 fully saturated rings. The maximum Gasteiger partial charge on any atom is 0.311 e. The lowest BCUT2D eigenvalue weighted by molar-refractivity contribution is -0.148. The van der Waals surface area contributed by atoms with E-state index >= 15 is 0 Å². The number of nitriles is 1. The Kier molecular flexibility index (Phi) is 4.38. The first kappa shape index (κ1) is 13.8. The molecule has 2 rings (SSSR count). The second-order valence-corrected chi connectivity index (χ2v) is 5.33.